The fourth-order valence-electron chi connectivity index (χ4n) is 4.31. The predicted octanol–water partition coefficient (Wildman–Crippen LogP) is 7.94. The zero-order chi connectivity index (χ0) is 20.5. The van der Waals surface area contributed by atoms with E-state index in [2.05, 4.69) is 29.8 Å². The van der Waals surface area contributed by atoms with Crippen molar-refractivity contribution >= 4 is 15.9 Å². The SMILES string of the molecule is CCCCC[C@H]1CC[C@H](c2cnc(-c3cccc(Br)c3OCCCC)nc2)CC1. The Kier molecular flexibility index (Phi) is 8.97. The molecular weight excluding hydrogens is 424 g/mol. The molecule has 1 saturated carbocycles. The van der Waals surface area contributed by atoms with Crippen LogP contribution in [0.3, 0.4) is 0 Å². The number of unbranched alkanes of at least 4 members (excludes halogenated alkanes) is 3. The highest BCUT2D eigenvalue weighted by molar-refractivity contribution is 9.10. The Morgan fingerprint density at radius 1 is 0.966 bits per heavy atom. The van der Waals surface area contributed by atoms with Crippen LogP contribution in [0.1, 0.15) is 89.5 Å². The van der Waals surface area contributed by atoms with Crippen LogP contribution in [0.4, 0.5) is 0 Å². The first kappa shape index (κ1) is 22.3. The van der Waals surface area contributed by atoms with Gasteiger partial charge in [0.15, 0.2) is 5.82 Å². The summed E-state index contributed by atoms with van der Waals surface area (Å²) in [6, 6.07) is 6.07. The number of hydrogen-bond acceptors (Lipinski definition) is 3. The summed E-state index contributed by atoms with van der Waals surface area (Å²) < 4.78 is 6.99. The van der Waals surface area contributed by atoms with Gasteiger partial charge in [-0.05, 0) is 77.6 Å². The van der Waals surface area contributed by atoms with Gasteiger partial charge in [-0.25, -0.2) is 9.97 Å². The van der Waals surface area contributed by atoms with Crippen LogP contribution in [0.5, 0.6) is 5.75 Å². The average Bonchev–Trinajstić information content (AvgIpc) is 2.76. The fourth-order valence-corrected chi connectivity index (χ4v) is 4.79. The third-order valence-corrected chi connectivity index (χ3v) is 6.78. The van der Waals surface area contributed by atoms with E-state index in [-0.39, 0.29) is 0 Å². The number of nitrogens with zero attached hydrogens (tertiary/aromatic N) is 2. The van der Waals surface area contributed by atoms with Gasteiger partial charge in [0, 0.05) is 12.4 Å². The molecule has 29 heavy (non-hydrogen) atoms. The molecule has 0 amide bonds. The Labute approximate surface area is 184 Å². The van der Waals surface area contributed by atoms with Crippen LogP contribution in [0.25, 0.3) is 11.4 Å². The molecule has 1 fully saturated rings. The molecule has 2 aromatic rings. The Morgan fingerprint density at radius 3 is 2.38 bits per heavy atom. The minimum Gasteiger partial charge on any atom is -0.492 e. The monoisotopic (exact) mass is 458 g/mol. The summed E-state index contributed by atoms with van der Waals surface area (Å²) >= 11 is 3.62. The van der Waals surface area contributed by atoms with Crippen LogP contribution in [-0.4, -0.2) is 16.6 Å². The van der Waals surface area contributed by atoms with Gasteiger partial charge in [-0.3, -0.25) is 0 Å². The highest BCUT2D eigenvalue weighted by Gasteiger charge is 2.23. The average molecular weight is 459 g/mol. The van der Waals surface area contributed by atoms with Crippen molar-refractivity contribution in [2.24, 2.45) is 5.92 Å². The number of hydrogen-bond donors (Lipinski definition) is 0. The van der Waals surface area contributed by atoms with E-state index in [4.69, 9.17) is 14.7 Å². The molecule has 0 aliphatic heterocycles. The van der Waals surface area contributed by atoms with Crippen molar-refractivity contribution in [3.05, 3.63) is 40.6 Å². The molecule has 1 aromatic carbocycles. The van der Waals surface area contributed by atoms with Crippen LogP contribution in [0, 0.1) is 5.92 Å². The Balaban J connectivity index is 1.63. The molecule has 0 bridgehead atoms. The molecule has 4 heteroatoms. The van der Waals surface area contributed by atoms with Crippen molar-refractivity contribution in [3.8, 4) is 17.1 Å². The van der Waals surface area contributed by atoms with Crippen molar-refractivity contribution in [1.82, 2.24) is 9.97 Å². The maximum Gasteiger partial charge on any atom is 0.162 e. The summed E-state index contributed by atoms with van der Waals surface area (Å²) in [4.78, 5) is 9.44. The summed E-state index contributed by atoms with van der Waals surface area (Å²) in [5.74, 6) is 3.15. The van der Waals surface area contributed by atoms with E-state index in [0.717, 1.165) is 40.4 Å². The van der Waals surface area contributed by atoms with Crippen LogP contribution >= 0.6 is 15.9 Å². The normalized spacial score (nSPS) is 19.3. The first-order valence-electron chi connectivity index (χ1n) is 11.5. The molecule has 0 saturated heterocycles. The molecule has 3 rings (SSSR count). The molecule has 0 N–H and O–H groups in total. The smallest absolute Gasteiger partial charge is 0.162 e. The number of halogens is 1. The molecule has 0 atom stereocenters. The molecular formula is C25H35BrN2O. The minimum absolute atomic E-state index is 0.620. The molecule has 158 valence electrons. The van der Waals surface area contributed by atoms with Gasteiger partial charge in [-0.2, -0.15) is 0 Å². The Hall–Kier alpha value is -1.42. The lowest BCUT2D eigenvalue weighted by Gasteiger charge is -2.28. The number of rotatable bonds is 10. The second-order valence-corrected chi connectivity index (χ2v) is 9.23. The van der Waals surface area contributed by atoms with E-state index >= 15 is 0 Å². The van der Waals surface area contributed by atoms with Gasteiger partial charge in [0.05, 0.1) is 16.6 Å². The van der Waals surface area contributed by atoms with E-state index in [9.17, 15) is 0 Å². The molecule has 1 heterocycles. The van der Waals surface area contributed by atoms with Gasteiger partial charge in [0.1, 0.15) is 5.75 Å². The summed E-state index contributed by atoms with van der Waals surface area (Å²) in [6.07, 6.45) is 17.0. The highest BCUT2D eigenvalue weighted by atomic mass is 79.9. The summed E-state index contributed by atoms with van der Waals surface area (Å²) in [5.41, 5.74) is 2.26. The van der Waals surface area contributed by atoms with Gasteiger partial charge >= 0.3 is 0 Å². The van der Waals surface area contributed by atoms with Gasteiger partial charge < -0.3 is 4.74 Å². The van der Waals surface area contributed by atoms with Gasteiger partial charge in [-0.15, -0.1) is 0 Å². The van der Waals surface area contributed by atoms with Crippen LogP contribution < -0.4 is 4.74 Å². The largest absolute Gasteiger partial charge is 0.492 e. The Morgan fingerprint density at radius 2 is 1.69 bits per heavy atom. The second kappa shape index (κ2) is 11.7. The van der Waals surface area contributed by atoms with Gasteiger partial charge in [0.2, 0.25) is 0 Å². The predicted molar refractivity (Wildman–Crippen MR) is 124 cm³/mol. The number of para-hydroxylation sites is 1. The topological polar surface area (TPSA) is 35.0 Å². The number of ether oxygens (including phenoxy) is 1. The van der Waals surface area contributed by atoms with Crippen molar-refractivity contribution in [3.63, 3.8) is 0 Å². The fraction of sp³-hybridized carbons (Fsp3) is 0.600. The molecule has 0 unspecified atom stereocenters. The van der Waals surface area contributed by atoms with Crippen molar-refractivity contribution in [1.29, 1.82) is 0 Å². The lowest BCUT2D eigenvalue weighted by Crippen LogP contribution is -2.14. The summed E-state index contributed by atoms with van der Waals surface area (Å²) in [6.45, 7) is 5.17. The lowest BCUT2D eigenvalue weighted by atomic mass is 9.77. The maximum atomic E-state index is 6.03. The summed E-state index contributed by atoms with van der Waals surface area (Å²) in [5, 5.41) is 0. The van der Waals surface area contributed by atoms with E-state index in [0.29, 0.717) is 12.5 Å². The van der Waals surface area contributed by atoms with Crippen molar-refractivity contribution in [2.75, 3.05) is 6.61 Å². The van der Waals surface area contributed by atoms with Crippen LogP contribution in [0.2, 0.25) is 0 Å². The molecule has 0 radical (unpaired) electrons. The van der Waals surface area contributed by atoms with Gasteiger partial charge in [0.25, 0.3) is 0 Å². The first-order valence-corrected chi connectivity index (χ1v) is 12.3. The minimum atomic E-state index is 0.620. The third kappa shape index (κ3) is 6.28. The standard InChI is InChI=1S/C25H35BrN2O/c1-3-5-7-9-19-12-14-20(15-13-19)21-17-27-25(28-18-21)22-10-8-11-23(26)24(22)29-16-6-4-2/h8,10-11,17-20H,3-7,9,12-16H2,1-2H3/t19-,20-. The van der Waals surface area contributed by atoms with E-state index < -0.39 is 0 Å². The van der Waals surface area contributed by atoms with Crippen LogP contribution in [-0.2, 0) is 0 Å². The molecule has 1 aliphatic carbocycles. The lowest BCUT2D eigenvalue weighted by molar-refractivity contribution is 0.302. The number of benzene rings is 1. The Bertz CT molecular complexity index is 739. The maximum absolute atomic E-state index is 6.03. The number of aromatic nitrogens is 2. The van der Waals surface area contributed by atoms with Crippen molar-refractivity contribution < 1.29 is 4.74 Å². The molecule has 1 aromatic heterocycles. The van der Waals surface area contributed by atoms with Gasteiger partial charge in [-0.1, -0.05) is 52.0 Å². The first-order chi connectivity index (χ1) is 14.2. The zero-order valence-corrected chi connectivity index (χ0v) is 19.6. The zero-order valence-electron chi connectivity index (χ0n) is 18.0. The second-order valence-electron chi connectivity index (χ2n) is 8.37. The van der Waals surface area contributed by atoms with Crippen molar-refractivity contribution in [2.45, 2.75) is 84.0 Å². The third-order valence-electron chi connectivity index (χ3n) is 6.16. The van der Waals surface area contributed by atoms with E-state index in [1.165, 1.54) is 56.9 Å². The molecule has 0 spiro atoms. The quantitative estimate of drug-likeness (QED) is 0.338. The van der Waals surface area contributed by atoms with Crippen LogP contribution in [0.15, 0.2) is 35.1 Å². The molecule has 1 aliphatic rings. The highest BCUT2D eigenvalue weighted by Crippen LogP contribution is 2.38. The van der Waals surface area contributed by atoms with E-state index in [1.807, 2.05) is 30.6 Å². The summed E-state index contributed by atoms with van der Waals surface area (Å²) in [7, 11) is 0. The van der Waals surface area contributed by atoms with E-state index in [1.54, 1.807) is 0 Å². The molecule has 3 nitrogen and oxygen atoms in total.